The maximum atomic E-state index is 13.3. The number of nitrogens with one attached hydrogen (secondary N) is 1. The molecule has 0 bridgehead atoms. The van der Waals surface area contributed by atoms with Crippen molar-refractivity contribution in [3.05, 3.63) is 59.9 Å². The third-order valence-corrected chi connectivity index (χ3v) is 6.58. The van der Waals surface area contributed by atoms with Gasteiger partial charge in [-0.3, -0.25) is 14.5 Å². The lowest BCUT2D eigenvalue weighted by Crippen LogP contribution is -2.49. The van der Waals surface area contributed by atoms with Crippen LogP contribution in [0.15, 0.2) is 54.3 Å². The van der Waals surface area contributed by atoms with E-state index in [2.05, 4.69) is 19.2 Å². The Hall–Kier alpha value is -3.28. The second-order valence-corrected chi connectivity index (χ2v) is 8.69. The van der Waals surface area contributed by atoms with Gasteiger partial charge in [0, 0.05) is 6.04 Å². The molecular weight excluding hydrogens is 404 g/mol. The van der Waals surface area contributed by atoms with Crippen LogP contribution in [0.5, 0.6) is 11.5 Å². The maximum absolute atomic E-state index is 13.3. The lowest BCUT2D eigenvalue weighted by molar-refractivity contribution is -0.124. The van der Waals surface area contributed by atoms with Gasteiger partial charge in [0.15, 0.2) is 11.5 Å². The maximum Gasteiger partial charge on any atom is 0.294 e. The molecule has 2 aliphatic rings. The smallest absolute Gasteiger partial charge is 0.294 e. The highest BCUT2D eigenvalue weighted by atomic mass is 16.5. The minimum atomic E-state index is -0.341. The molecule has 1 N–H and O–H groups in total. The van der Waals surface area contributed by atoms with E-state index in [0.29, 0.717) is 29.0 Å². The number of hydrogen-bond acceptors (Lipinski definition) is 4. The molecule has 2 aromatic carbocycles. The first-order valence-electron chi connectivity index (χ1n) is 11.2. The van der Waals surface area contributed by atoms with Gasteiger partial charge in [-0.1, -0.05) is 51.0 Å². The summed E-state index contributed by atoms with van der Waals surface area (Å²) in [5.41, 5.74) is 1.38. The topological polar surface area (TPSA) is 67.9 Å². The van der Waals surface area contributed by atoms with E-state index in [0.717, 1.165) is 18.4 Å². The molecular formula is C26H30N2O4. The van der Waals surface area contributed by atoms with Crippen LogP contribution in [0, 0.1) is 11.8 Å². The van der Waals surface area contributed by atoms with Gasteiger partial charge in [0.25, 0.3) is 5.91 Å². The molecule has 0 radical (unpaired) electrons. The van der Waals surface area contributed by atoms with Gasteiger partial charge in [-0.25, -0.2) is 0 Å². The SMILES string of the molecule is COc1cccc(/C=C2/Oc3ccccc3N(CC(=O)N[C@@H]3CCC[C@@H](C)[C@H]3C)C2=O)c1. The van der Waals surface area contributed by atoms with Gasteiger partial charge >= 0.3 is 0 Å². The highest BCUT2D eigenvalue weighted by molar-refractivity contribution is 6.12. The molecule has 4 rings (SSSR count). The molecule has 2 aromatic rings. The van der Waals surface area contributed by atoms with Crippen LogP contribution in [0.3, 0.4) is 0 Å². The summed E-state index contributed by atoms with van der Waals surface area (Å²) in [7, 11) is 1.60. The summed E-state index contributed by atoms with van der Waals surface area (Å²) in [5.74, 6) is 1.92. The first kappa shape index (κ1) is 21.9. The summed E-state index contributed by atoms with van der Waals surface area (Å²) in [6.07, 6.45) is 4.97. The van der Waals surface area contributed by atoms with E-state index in [1.165, 1.54) is 11.3 Å². The molecule has 2 amide bonds. The van der Waals surface area contributed by atoms with Crippen LogP contribution < -0.4 is 19.7 Å². The van der Waals surface area contributed by atoms with Gasteiger partial charge < -0.3 is 14.8 Å². The van der Waals surface area contributed by atoms with Crippen LogP contribution in [0.4, 0.5) is 5.69 Å². The normalized spacial score (nSPS) is 24.0. The van der Waals surface area contributed by atoms with Crippen molar-refractivity contribution in [1.82, 2.24) is 5.32 Å². The lowest BCUT2D eigenvalue weighted by Gasteiger charge is -2.35. The molecule has 3 atom stereocenters. The van der Waals surface area contributed by atoms with Gasteiger partial charge in [-0.15, -0.1) is 0 Å². The van der Waals surface area contributed by atoms with Gasteiger partial charge in [0.1, 0.15) is 12.3 Å². The number of anilines is 1. The third kappa shape index (κ3) is 4.64. The predicted molar refractivity (Wildman–Crippen MR) is 125 cm³/mol. The highest BCUT2D eigenvalue weighted by Crippen LogP contribution is 2.36. The summed E-state index contributed by atoms with van der Waals surface area (Å²) in [6, 6.07) is 14.8. The van der Waals surface area contributed by atoms with Crippen molar-refractivity contribution in [1.29, 1.82) is 0 Å². The second-order valence-electron chi connectivity index (χ2n) is 8.69. The summed E-state index contributed by atoms with van der Waals surface area (Å²) < 4.78 is 11.2. The van der Waals surface area contributed by atoms with Gasteiger partial charge in [-0.2, -0.15) is 0 Å². The molecule has 168 valence electrons. The van der Waals surface area contributed by atoms with Gasteiger partial charge in [0.2, 0.25) is 5.91 Å². The summed E-state index contributed by atoms with van der Waals surface area (Å²) in [4.78, 5) is 27.8. The summed E-state index contributed by atoms with van der Waals surface area (Å²) >= 11 is 0. The fraction of sp³-hybridized carbons (Fsp3) is 0.385. The van der Waals surface area contributed by atoms with Gasteiger partial charge in [0.05, 0.1) is 12.8 Å². The number of hydrogen-bond donors (Lipinski definition) is 1. The molecule has 32 heavy (non-hydrogen) atoms. The van der Waals surface area contributed by atoms with Crippen molar-refractivity contribution < 1.29 is 19.1 Å². The van der Waals surface area contributed by atoms with E-state index in [1.807, 2.05) is 36.4 Å². The number of para-hydroxylation sites is 2. The zero-order valence-electron chi connectivity index (χ0n) is 18.8. The third-order valence-electron chi connectivity index (χ3n) is 6.58. The molecule has 1 heterocycles. The molecule has 1 fully saturated rings. The molecule has 0 spiro atoms. The summed E-state index contributed by atoms with van der Waals surface area (Å²) in [6.45, 7) is 4.38. The Kier molecular flexibility index (Phi) is 6.49. The Morgan fingerprint density at radius 1 is 1.19 bits per heavy atom. The Balaban J connectivity index is 1.57. The minimum Gasteiger partial charge on any atom is -0.497 e. The second kappa shape index (κ2) is 9.47. The fourth-order valence-electron chi connectivity index (χ4n) is 4.48. The molecule has 0 unspecified atom stereocenters. The lowest BCUT2D eigenvalue weighted by atomic mass is 9.78. The molecule has 6 nitrogen and oxygen atoms in total. The van der Waals surface area contributed by atoms with E-state index in [-0.39, 0.29) is 30.2 Å². The Morgan fingerprint density at radius 3 is 2.81 bits per heavy atom. The van der Waals surface area contributed by atoms with E-state index < -0.39 is 0 Å². The van der Waals surface area contributed by atoms with Crippen molar-refractivity contribution in [3.63, 3.8) is 0 Å². The Morgan fingerprint density at radius 2 is 2.00 bits per heavy atom. The zero-order valence-corrected chi connectivity index (χ0v) is 18.8. The fourth-order valence-corrected chi connectivity index (χ4v) is 4.48. The minimum absolute atomic E-state index is 0.0493. The number of methoxy groups -OCH3 is 1. The molecule has 0 saturated heterocycles. The molecule has 1 aliphatic heterocycles. The Labute approximate surface area is 189 Å². The van der Waals surface area contributed by atoms with Crippen LogP contribution >= 0.6 is 0 Å². The number of nitrogens with zero attached hydrogens (tertiary/aromatic N) is 1. The van der Waals surface area contributed by atoms with E-state index in [4.69, 9.17) is 9.47 Å². The zero-order chi connectivity index (χ0) is 22.7. The van der Waals surface area contributed by atoms with Crippen molar-refractivity contribution in [3.8, 4) is 11.5 Å². The largest absolute Gasteiger partial charge is 0.497 e. The van der Waals surface area contributed by atoms with Crippen LogP contribution in [0.25, 0.3) is 6.08 Å². The average molecular weight is 435 g/mol. The van der Waals surface area contributed by atoms with Crippen LogP contribution in [-0.4, -0.2) is 31.5 Å². The first-order chi connectivity index (χ1) is 15.5. The number of amides is 2. The molecule has 0 aromatic heterocycles. The van der Waals surface area contributed by atoms with Crippen molar-refractivity contribution in [2.45, 2.75) is 39.2 Å². The number of carbonyl (C=O) groups is 2. The number of fused-ring (bicyclic) bond motifs is 1. The van der Waals surface area contributed by atoms with Crippen molar-refractivity contribution >= 4 is 23.6 Å². The first-order valence-corrected chi connectivity index (χ1v) is 11.2. The van der Waals surface area contributed by atoms with E-state index >= 15 is 0 Å². The molecule has 1 aliphatic carbocycles. The van der Waals surface area contributed by atoms with Crippen LogP contribution in [-0.2, 0) is 9.59 Å². The average Bonchev–Trinajstić information content (AvgIpc) is 2.80. The van der Waals surface area contributed by atoms with Crippen LogP contribution in [0.1, 0.15) is 38.7 Å². The molecule has 1 saturated carbocycles. The number of carbonyl (C=O) groups excluding carboxylic acids is 2. The van der Waals surface area contributed by atoms with Crippen LogP contribution in [0.2, 0.25) is 0 Å². The number of ether oxygens (including phenoxy) is 2. The number of rotatable bonds is 5. The van der Waals surface area contributed by atoms with E-state index in [9.17, 15) is 9.59 Å². The highest BCUT2D eigenvalue weighted by Gasteiger charge is 2.33. The van der Waals surface area contributed by atoms with Crippen molar-refractivity contribution in [2.24, 2.45) is 11.8 Å². The monoisotopic (exact) mass is 434 g/mol. The number of benzene rings is 2. The standard InChI is InChI=1S/C26H30N2O4/c1-17-8-6-11-21(18(17)2)27-25(29)16-28-22-12-4-5-13-23(22)32-24(26(28)30)15-19-9-7-10-20(14-19)31-3/h4-5,7,9-10,12-15,17-18,21H,6,8,11,16H2,1-3H3,(H,27,29)/b24-15+/t17-,18-,21-/m1/s1. The van der Waals surface area contributed by atoms with E-state index in [1.54, 1.807) is 25.3 Å². The quantitative estimate of drug-likeness (QED) is 0.708. The molecule has 6 heteroatoms. The van der Waals surface area contributed by atoms with Gasteiger partial charge in [-0.05, 0) is 54.2 Å². The Bertz CT molecular complexity index is 1030. The summed E-state index contributed by atoms with van der Waals surface area (Å²) in [5, 5.41) is 3.17. The van der Waals surface area contributed by atoms with Crippen molar-refractivity contribution in [2.75, 3.05) is 18.6 Å². The predicted octanol–water partition coefficient (Wildman–Crippen LogP) is 4.40.